The second kappa shape index (κ2) is 9.48. The van der Waals surface area contributed by atoms with Crippen molar-refractivity contribution in [2.24, 2.45) is 5.92 Å². The van der Waals surface area contributed by atoms with Crippen LogP contribution >= 0.6 is 0 Å². The van der Waals surface area contributed by atoms with Crippen LogP contribution in [0.25, 0.3) is 0 Å². The molecule has 1 aromatic rings. The van der Waals surface area contributed by atoms with E-state index < -0.39 is 0 Å². The van der Waals surface area contributed by atoms with Gasteiger partial charge in [-0.25, -0.2) is 0 Å². The summed E-state index contributed by atoms with van der Waals surface area (Å²) < 4.78 is 5.35. The molecule has 1 aromatic carbocycles. The third kappa shape index (κ3) is 5.14. The maximum atomic E-state index is 8.74. The fourth-order valence-electron chi connectivity index (χ4n) is 4.30. The first kappa shape index (κ1) is 18.6. The van der Waals surface area contributed by atoms with Gasteiger partial charge in [-0.2, -0.15) is 0 Å². The smallest absolute Gasteiger partial charge is 0.0698 e. The third-order valence-corrected chi connectivity index (χ3v) is 5.62. The van der Waals surface area contributed by atoms with E-state index in [9.17, 15) is 0 Å². The van der Waals surface area contributed by atoms with Gasteiger partial charge in [-0.3, -0.25) is 4.90 Å². The Bertz CT molecular complexity index is 558. The fraction of sp³-hybridized carbons (Fsp3) is 0.619. The minimum Gasteiger partial charge on any atom is -0.394 e. The molecule has 0 radical (unpaired) electrons. The molecule has 1 saturated heterocycles. The van der Waals surface area contributed by atoms with Crippen molar-refractivity contribution >= 4 is 0 Å². The summed E-state index contributed by atoms with van der Waals surface area (Å²) in [5.74, 6) is 0.737. The van der Waals surface area contributed by atoms with Crippen LogP contribution in [0, 0.1) is 5.92 Å². The van der Waals surface area contributed by atoms with Crippen LogP contribution in [0.15, 0.2) is 41.5 Å². The number of piperidine rings is 1. The number of hydrogen-bond acceptors (Lipinski definition) is 4. The molecule has 2 aliphatic rings. The second-order valence-electron chi connectivity index (χ2n) is 7.30. The average molecular weight is 344 g/mol. The molecule has 0 saturated carbocycles. The zero-order valence-corrected chi connectivity index (χ0v) is 15.4. The highest BCUT2D eigenvalue weighted by molar-refractivity contribution is 5.26. The van der Waals surface area contributed by atoms with Crippen molar-refractivity contribution in [3.05, 3.63) is 47.0 Å². The number of aliphatic hydroxyl groups excluding tert-OH is 1. The molecule has 1 fully saturated rings. The first-order valence-electron chi connectivity index (χ1n) is 9.65. The van der Waals surface area contributed by atoms with Gasteiger partial charge in [0, 0.05) is 32.2 Å². The quantitative estimate of drug-likeness (QED) is 0.562. The zero-order valence-electron chi connectivity index (χ0n) is 15.4. The molecule has 2 atom stereocenters. The van der Waals surface area contributed by atoms with Gasteiger partial charge in [0.1, 0.15) is 0 Å². The lowest BCUT2D eigenvalue weighted by Gasteiger charge is -2.41. The molecule has 0 bridgehead atoms. The molecule has 4 nitrogen and oxygen atoms in total. The highest BCUT2D eigenvalue weighted by atomic mass is 16.5. The Kier molecular flexibility index (Phi) is 7.05. The van der Waals surface area contributed by atoms with Crippen LogP contribution in [0.4, 0.5) is 0 Å². The van der Waals surface area contributed by atoms with E-state index in [1.807, 2.05) is 0 Å². The van der Waals surface area contributed by atoms with Gasteiger partial charge in [0.25, 0.3) is 0 Å². The molecule has 0 aromatic heterocycles. The molecule has 0 amide bonds. The van der Waals surface area contributed by atoms with Crippen LogP contribution in [0.1, 0.15) is 31.7 Å². The van der Waals surface area contributed by atoms with E-state index in [1.54, 1.807) is 11.1 Å². The predicted octanol–water partition coefficient (Wildman–Crippen LogP) is 2.59. The minimum atomic E-state index is 0.105. The molecule has 1 aliphatic heterocycles. The Morgan fingerprint density at radius 2 is 2.04 bits per heavy atom. The van der Waals surface area contributed by atoms with Crippen LogP contribution in [-0.4, -0.2) is 55.5 Å². The number of fused-ring (bicyclic) bond motifs is 1. The SMILES string of the molecule is CC1=C2CCN(Cc3ccccc3)CC2CCC1NCCOCCO. The van der Waals surface area contributed by atoms with Gasteiger partial charge in [0.2, 0.25) is 0 Å². The van der Waals surface area contributed by atoms with Crippen LogP contribution in [-0.2, 0) is 11.3 Å². The minimum absolute atomic E-state index is 0.105. The lowest BCUT2D eigenvalue weighted by molar-refractivity contribution is 0.0924. The van der Waals surface area contributed by atoms with Crippen molar-refractivity contribution in [3.63, 3.8) is 0 Å². The molecular weight excluding hydrogens is 312 g/mol. The highest BCUT2D eigenvalue weighted by Gasteiger charge is 2.31. The molecule has 4 heteroatoms. The number of rotatable bonds is 8. The average Bonchev–Trinajstić information content (AvgIpc) is 2.64. The Morgan fingerprint density at radius 3 is 2.84 bits per heavy atom. The normalized spacial score (nSPS) is 24.4. The zero-order chi connectivity index (χ0) is 17.5. The number of nitrogens with one attached hydrogen (secondary N) is 1. The number of benzene rings is 1. The monoisotopic (exact) mass is 344 g/mol. The van der Waals surface area contributed by atoms with E-state index in [0.717, 1.165) is 19.0 Å². The maximum Gasteiger partial charge on any atom is 0.0698 e. The second-order valence-corrected chi connectivity index (χ2v) is 7.30. The van der Waals surface area contributed by atoms with Crippen molar-refractivity contribution in [1.29, 1.82) is 0 Å². The number of hydrogen-bond donors (Lipinski definition) is 2. The van der Waals surface area contributed by atoms with E-state index in [4.69, 9.17) is 9.84 Å². The molecule has 2 N–H and O–H groups in total. The Hall–Kier alpha value is -1.20. The number of aliphatic hydroxyl groups is 1. The summed E-state index contributed by atoms with van der Waals surface area (Å²) in [4.78, 5) is 2.62. The van der Waals surface area contributed by atoms with Gasteiger partial charge in [-0.15, -0.1) is 0 Å². The Balaban J connectivity index is 1.50. The van der Waals surface area contributed by atoms with Gasteiger partial charge in [-0.05, 0) is 37.7 Å². The first-order chi connectivity index (χ1) is 12.3. The first-order valence-corrected chi connectivity index (χ1v) is 9.65. The third-order valence-electron chi connectivity index (χ3n) is 5.62. The summed E-state index contributed by atoms with van der Waals surface area (Å²) in [5.41, 5.74) is 4.69. The van der Waals surface area contributed by atoms with E-state index in [2.05, 4.69) is 47.5 Å². The summed E-state index contributed by atoms with van der Waals surface area (Å²) in [6, 6.07) is 11.3. The maximum absolute atomic E-state index is 8.74. The summed E-state index contributed by atoms with van der Waals surface area (Å²) >= 11 is 0. The number of likely N-dealkylation sites (tertiary alicyclic amines) is 1. The molecule has 2 unspecified atom stereocenters. The lowest BCUT2D eigenvalue weighted by atomic mass is 9.77. The van der Waals surface area contributed by atoms with Crippen LogP contribution in [0.3, 0.4) is 0 Å². The van der Waals surface area contributed by atoms with E-state index in [1.165, 1.54) is 37.9 Å². The summed E-state index contributed by atoms with van der Waals surface area (Å²) in [5, 5.41) is 12.4. The molecule has 25 heavy (non-hydrogen) atoms. The van der Waals surface area contributed by atoms with Crippen molar-refractivity contribution in [2.45, 2.75) is 38.8 Å². The molecule has 138 valence electrons. The Morgan fingerprint density at radius 1 is 1.20 bits per heavy atom. The molecule has 3 rings (SSSR count). The van der Waals surface area contributed by atoms with Crippen molar-refractivity contribution in [3.8, 4) is 0 Å². The lowest BCUT2D eigenvalue weighted by Crippen LogP contribution is -2.43. The van der Waals surface area contributed by atoms with Crippen molar-refractivity contribution in [1.82, 2.24) is 10.2 Å². The largest absolute Gasteiger partial charge is 0.394 e. The van der Waals surface area contributed by atoms with E-state index >= 15 is 0 Å². The fourth-order valence-corrected chi connectivity index (χ4v) is 4.30. The topological polar surface area (TPSA) is 44.7 Å². The molecule has 1 heterocycles. The molecule has 1 aliphatic carbocycles. The number of ether oxygens (including phenoxy) is 1. The Labute approximate surface area is 151 Å². The van der Waals surface area contributed by atoms with Gasteiger partial charge in [0.15, 0.2) is 0 Å². The predicted molar refractivity (Wildman–Crippen MR) is 101 cm³/mol. The van der Waals surface area contributed by atoms with E-state index in [-0.39, 0.29) is 6.61 Å². The van der Waals surface area contributed by atoms with Crippen LogP contribution in [0.5, 0.6) is 0 Å². The van der Waals surface area contributed by atoms with E-state index in [0.29, 0.717) is 19.3 Å². The van der Waals surface area contributed by atoms with Gasteiger partial charge < -0.3 is 15.2 Å². The van der Waals surface area contributed by atoms with Gasteiger partial charge in [-0.1, -0.05) is 41.5 Å². The van der Waals surface area contributed by atoms with Crippen molar-refractivity contribution in [2.75, 3.05) is 39.5 Å². The summed E-state index contributed by atoms with van der Waals surface area (Å²) in [6.45, 7) is 7.85. The summed E-state index contributed by atoms with van der Waals surface area (Å²) in [6.07, 6.45) is 3.72. The molecule has 0 spiro atoms. The number of nitrogens with zero attached hydrogens (tertiary/aromatic N) is 1. The van der Waals surface area contributed by atoms with Gasteiger partial charge in [0.05, 0.1) is 19.8 Å². The van der Waals surface area contributed by atoms with Crippen LogP contribution in [0.2, 0.25) is 0 Å². The highest BCUT2D eigenvalue weighted by Crippen LogP contribution is 2.36. The van der Waals surface area contributed by atoms with Gasteiger partial charge >= 0.3 is 0 Å². The van der Waals surface area contributed by atoms with Crippen LogP contribution < -0.4 is 5.32 Å². The summed E-state index contributed by atoms with van der Waals surface area (Å²) in [7, 11) is 0. The van der Waals surface area contributed by atoms with Crippen molar-refractivity contribution < 1.29 is 9.84 Å². The molecular formula is C21H32N2O2. The standard InChI is InChI=1S/C21H32N2O2/c1-17-20-9-11-23(15-18-5-3-2-4-6-18)16-19(20)7-8-21(17)22-10-13-25-14-12-24/h2-6,19,21-22,24H,7-16H2,1H3.